The van der Waals surface area contributed by atoms with Crippen molar-refractivity contribution in [2.45, 2.75) is 12.8 Å². The van der Waals surface area contributed by atoms with E-state index in [0.29, 0.717) is 0 Å². The van der Waals surface area contributed by atoms with E-state index in [-0.39, 0.29) is 6.61 Å². The van der Waals surface area contributed by atoms with Crippen LogP contribution < -0.4 is 4.90 Å². The van der Waals surface area contributed by atoms with Crippen molar-refractivity contribution in [3.63, 3.8) is 0 Å². The SMILES string of the molecule is C#Cc1cccc(N(C)CCCCO)c1. The Labute approximate surface area is 91.5 Å². The van der Waals surface area contributed by atoms with Gasteiger partial charge in [-0.05, 0) is 31.0 Å². The minimum Gasteiger partial charge on any atom is -0.396 e. The van der Waals surface area contributed by atoms with Gasteiger partial charge in [-0.2, -0.15) is 0 Å². The maximum absolute atomic E-state index is 8.69. The molecule has 15 heavy (non-hydrogen) atoms. The summed E-state index contributed by atoms with van der Waals surface area (Å²) in [7, 11) is 2.03. The molecule has 1 aromatic carbocycles. The third-order valence-electron chi connectivity index (χ3n) is 2.36. The molecule has 1 N–H and O–H groups in total. The summed E-state index contributed by atoms with van der Waals surface area (Å²) < 4.78 is 0. The van der Waals surface area contributed by atoms with Crippen LogP contribution in [0, 0.1) is 12.3 Å². The first kappa shape index (κ1) is 11.6. The van der Waals surface area contributed by atoms with Crippen LogP contribution in [-0.4, -0.2) is 25.3 Å². The minimum atomic E-state index is 0.262. The maximum Gasteiger partial charge on any atom is 0.0431 e. The van der Waals surface area contributed by atoms with Gasteiger partial charge in [0.25, 0.3) is 0 Å². The molecule has 0 heterocycles. The van der Waals surface area contributed by atoms with E-state index in [9.17, 15) is 0 Å². The number of anilines is 1. The number of unbranched alkanes of at least 4 members (excludes halogenated alkanes) is 1. The quantitative estimate of drug-likeness (QED) is 0.583. The number of aliphatic hydroxyl groups is 1. The van der Waals surface area contributed by atoms with Gasteiger partial charge < -0.3 is 10.0 Å². The van der Waals surface area contributed by atoms with Gasteiger partial charge in [-0.1, -0.05) is 12.0 Å². The molecule has 2 nitrogen and oxygen atoms in total. The number of rotatable bonds is 5. The molecule has 0 aliphatic rings. The molecule has 0 bridgehead atoms. The lowest BCUT2D eigenvalue weighted by atomic mass is 10.2. The normalized spacial score (nSPS) is 9.67. The van der Waals surface area contributed by atoms with Crippen molar-refractivity contribution >= 4 is 5.69 Å². The fourth-order valence-electron chi connectivity index (χ4n) is 1.42. The topological polar surface area (TPSA) is 23.5 Å². The molecule has 0 aromatic heterocycles. The number of nitrogens with zero attached hydrogens (tertiary/aromatic N) is 1. The van der Waals surface area contributed by atoms with E-state index in [2.05, 4.69) is 10.8 Å². The van der Waals surface area contributed by atoms with Gasteiger partial charge in [0.1, 0.15) is 0 Å². The van der Waals surface area contributed by atoms with Crippen molar-refractivity contribution in [2.24, 2.45) is 0 Å². The molecule has 0 aliphatic carbocycles. The van der Waals surface area contributed by atoms with E-state index in [1.165, 1.54) is 0 Å². The highest BCUT2D eigenvalue weighted by molar-refractivity contribution is 5.51. The van der Waals surface area contributed by atoms with Gasteiger partial charge in [0.05, 0.1) is 0 Å². The summed E-state index contributed by atoms with van der Waals surface area (Å²) in [4.78, 5) is 2.15. The van der Waals surface area contributed by atoms with Crippen molar-refractivity contribution in [3.8, 4) is 12.3 Å². The molecule has 1 rings (SSSR count). The molecule has 1 aromatic rings. The number of benzene rings is 1. The van der Waals surface area contributed by atoms with Crippen LogP contribution in [0.3, 0.4) is 0 Å². The van der Waals surface area contributed by atoms with Crippen LogP contribution in [-0.2, 0) is 0 Å². The Kier molecular flexibility index (Phi) is 4.73. The molecule has 0 saturated carbocycles. The van der Waals surface area contributed by atoms with Gasteiger partial charge in [-0.25, -0.2) is 0 Å². The number of hydrogen-bond donors (Lipinski definition) is 1. The Hall–Kier alpha value is -1.46. The van der Waals surface area contributed by atoms with E-state index in [4.69, 9.17) is 11.5 Å². The van der Waals surface area contributed by atoms with E-state index in [1.807, 2.05) is 31.3 Å². The lowest BCUT2D eigenvalue weighted by molar-refractivity contribution is 0.285. The summed E-state index contributed by atoms with van der Waals surface area (Å²) in [6.07, 6.45) is 7.18. The third-order valence-corrected chi connectivity index (χ3v) is 2.36. The second-order valence-corrected chi connectivity index (χ2v) is 3.55. The summed E-state index contributed by atoms with van der Waals surface area (Å²) in [5, 5.41) is 8.69. The fourth-order valence-corrected chi connectivity index (χ4v) is 1.42. The zero-order chi connectivity index (χ0) is 11.1. The van der Waals surface area contributed by atoms with Crippen molar-refractivity contribution < 1.29 is 5.11 Å². The Morgan fingerprint density at radius 1 is 1.40 bits per heavy atom. The van der Waals surface area contributed by atoms with Gasteiger partial charge >= 0.3 is 0 Å². The highest BCUT2D eigenvalue weighted by Gasteiger charge is 2.00. The second kappa shape index (κ2) is 6.10. The second-order valence-electron chi connectivity index (χ2n) is 3.55. The smallest absolute Gasteiger partial charge is 0.0431 e. The van der Waals surface area contributed by atoms with E-state index >= 15 is 0 Å². The van der Waals surface area contributed by atoms with Gasteiger partial charge in [0.2, 0.25) is 0 Å². The van der Waals surface area contributed by atoms with Crippen LogP contribution in [0.1, 0.15) is 18.4 Å². The largest absolute Gasteiger partial charge is 0.396 e. The lowest BCUT2D eigenvalue weighted by Crippen LogP contribution is -2.18. The van der Waals surface area contributed by atoms with Gasteiger partial charge in [-0.3, -0.25) is 0 Å². The Bertz CT molecular complexity index is 341. The van der Waals surface area contributed by atoms with Crippen LogP contribution in [0.25, 0.3) is 0 Å². The fraction of sp³-hybridized carbons (Fsp3) is 0.385. The molecular weight excluding hydrogens is 186 g/mol. The highest BCUT2D eigenvalue weighted by atomic mass is 16.2. The standard InChI is InChI=1S/C13H17NO/c1-3-12-7-6-8-13(11-12)14(2)9-4-5-10-15/h1,6-8,11,15H,4-5,9-10H2,2H3. The molecule has 0 amide bonds. The Morgan fingerprint density at radius 3 is 2.87 bits per heavy atom. The van der Waals surface area contributed by atoms with Crippen LogP contribution in [0.15, 0.2) is 24.3 Å². The zero-order valence-corrected chi connectivity index (χ0v) is 9.11. The van der Waals surface area contributed by atoms with E-state index in [1.54, 1.807) is 0 Å². The van der Waals surface area contributed by atoms with Gasteiger partial charge in [-0.15, -0.1) is 6.42 Å². The Balaban J connectivity index is 2.57. The molecule has 0 aliphatic heterocycles. The first-order chi connectivity index (χ1) is 7.27. The van der Waals surface area contributed by atoms with Crippen LogP contribution in [0.5, 0.6) is 0 Å². The van der Waals surface area contributed by atoms with Crippen LogP contribution in [0.4, 0.5) is 5.69 Å². The molecule has 80 valence electrons. The summed E-state index contributed by atoms with van der Waals surface area (Å²) in [5.74, 6) is 2.62. The molecule has 0 radical (unpaired) electrons. The van der Waals surface area contributed by atoms with E-state index < -0.39 is 0 Å². The van der Waals surface area contributed by atoms with Crippen LogP contribution >= 0.6 is 0 Å². The molecular formula is C13H17NO. The minimum absolute atomic E-state index is 0.262. The zero-order valence-electron chi connectivity index (χ0n) is 9.11. The Morgan fingerprint density at radius 2 is 2.20 bits per heavy atom. The summed E-state index contributed by atoms with van der Waals surface area (Å²) in [5.41, 5.74) is 2.03. The summed E-state index contributed by atoms with van der Waals surface area (Å²) in [6.45, 7) is 1.20. The third kappa shape index (κ3) is 3.65. The van der Waals surface area contributed by atoms with E-state index in [0.717, 1.165) is 30.6 Å². The summed E-state index contributed by atoms with van der Waals surface area (Å²) in [6, 6.07) is 7.93. The first-order valence-corrected chi connectivity index (χ1v) is 5.16. The van der Waals surface area contributed by atoms with Crippen molar-refractivity contribution in [1.82, 2.24) is 0 Å². The lowest BCUT2D eigenvalue weighted by Gasteiger charge is -2.19. The van der Waals surface area contributed by atoms with Crippen LogP contribution in [0.2, 0.25) is 0 Å². The van der Waals surface area contributed by atoms with Gasteiger partial charge in [0.15, 0.2) is 0 Å². The predicted octanol–water partition coefficient (Wildman–Crippen LogP) is 1.88. The maximum atomic E-state index is 8.69. The van der Waals surface area contributed by atoms with Crippen molar-refractivity contribution in [3.05, 3.63) is 29.8 Å². The molecule has 2 heteroatoms. The first-order valence-electron chi connectivity index (χ1n) is 5.16. The number of hydrogen-bond acceptors (Lipinski definition) is 2. The highest BCUT2D eigenvalue weighted by Crippen LogP contribution is 2.14. The van der Waals surface area contributed by atoms with Crippen molar-refractivity contribution in [2.75, 3.05) is 25.1 Å². The average molecular weight is 203 g/mol. The molecule has 0 atom stereocenters. The van der Waals surface area contributed by atoms with Crippen molar-refractivity contribution in [1.29, 1.82) is 0 Å². The molecule has 0 saturated heterocycles. The molecule has 0 unspecified atom stereocenters. The monoisotopic (exact) mass is 203 g/mol. The molecule has 0 fully saturated rings. The predicted molar refractivity (Wildman–Crippen MR) is 64.0 cm³/mol. The average Bonchev–Trinajstić information content (AvgIpc) is 2.29. The number of terminal acetylenes is 1. The van der Waals surface area contributed by atoms with Gasteiger partial charge in [0, 0.05) is 31.5 Å². The molecule has 0 spiro atoms. The number of aliphatic hydroxyl groups excluding tert-OH is 1. The summed E-state index contributed by atoms with van der Waals surface area (Å²) >= 11 is 0.